The van der Waals surface area contributed by atoms with Gasteiger partial charge in [-0.3, -0.25) is 5.10 Å². The second kappa shape index (κ2) is 2.94. The van der Waals surface area contributed by atoms with Gasteiger partial charge in [-0.15, -0.1) is 0 Å². The summed E-state index contributed by atoms with van der Waals surface area (Å²) in [5.41, 5.74) is 0. The predicted octanol–water partition coefficient (Wildman–Crippen LogP) is -0.0920. The zero-order valence-corrected chi connectivity index (χ0v) is 6.80. The standard InChI is InChI=1S/C6H7N5O2/c1-3(12)6-9-5(11-13-6)4-7-2-8-10-4/h2-3,12H,1H3,(H,7,8,10)/t3-/m0/s1. The molecule has 0 saturated heterocycles. The SMILES string of the molecule is C[C@H](O)c1nc(-c2ncn[nH]2)no1. The highest BCUT2D eigenvalue weighted by molar-refractivity contribution is 5.39. The Morgan fingerprint density at radius 2 is 2.46 bits per heavy atom. The Labute approximate surface area is 72.8 Å². The molecule has 0 saturated carbocycles. The van der Waals surface area contributed by atoms with Crippen molar-refractivity contribution in [3.8, 4) is 11.6 Å². The van der Waals surface area contributed by atoms with Crippen LogP contribution in [0.5, 0.6) is 0 Å². The van der Waals surface area contributed by atoms with Crippen LogP contribution < -0.4 is 0 Å². The first-order valence-corrected chi connectivity index (χ1v) is 3.65. The molecule has 0 spiro atoms. The lowest BCUT2D eigenvalue weighted by Crippen LogP contribution is -1.90. The fourth-order valence-electron chi connectivity index (χ4n) is 0.814. The Balaban J connectivity index is 2.33. The van der Waals surface area contributed by atoms with E-state index < -0.39 is 6.10 Å². The highest BCUT2D eigenvalue weighted by Gasteiger charge is 2.13. The fourth-order valence-corrected chi connectivity index (χ4v) is 0.814. The van der Waals surface area contributed by atoms with Crippen molar-refractivity contribution in [3.05, 3.63) is 12.2 Å². The number of rotatable bonds is 2. The molecule has 68 valence electrons. The number of aromatic amines is 1. The Kier molecular flexibility index (Phi) is 1.78. The second-order valence-corrected chi connectivity index (χ2v) is 2.47. The molecule has 2 aromatic rings. The van der Waals surface area contributed by atoms with Gasteiger partial charge >= 0.3 is 0 Å². The topological polar surface area (TPSA) is 101 Å². The summed E-state index contributed by atoms with van der Waals surface area (Å²) in [5, 5.41) is 18.9. The average Bonchev–Trinajstić information content (AvgIpc) is 2.75. The molecule has 0 aliphatic rings. The monoisotopic (exact) mass is 181 g/mol. The smallest absolute Gasteiger partial charge is 0.255 e. The van der Waals surface area contributed by atoms with E-state index in [4.69, 9.17) is 9.63 Å². The van der Waals surface area contributed by atoms with Gasteiger partial charge in [0.25, 0.3) is 5.89 Å². The normalized spacial score (nSPS) is 13.1. The molecule has 7 nitrogen and oxygen atoms in total. The molecular weight excluding hydrogens is 174 g/mol. The molecule has 0 amide bonds. The maximum Gasteiger partial charge on any atom is 0.255 e. The largest absolute Gasteiger partial charge is 0.384 e. The summed E-state index contributed by atoms with van der Waals surface area (Å²) in [6.45, 7) is 1.54. The lowest BCUT2D eigenvalue weighted by atomic mass is 10.4. The molecule has 0 unspecified atom stereocenters. The summed E-state index contributed by atoms with van der Waals surface area (Å²) < 4.78 is 4.75. The predicted molar refractivity (Wildman–Crippen MR) is 40.3 cm³/mol. The van der Waals surface area contributed by atoms with Crippen molar-refractivity contribution in [3.63, 3.8) is 0 Å². The highest BCUT2D eigenvalue weighted by Crippen LogP contribution is 2.13. The van der Waals surface area contributed by atoms with E-state index in [1.165, 1.54) is 13.3 Å². The molecule has 7 heteroatoms. The van der Waals surface area contributed by atoms with E-state index in [0.29, 0.717) is 5.82 Å². The molecule has 1 atom stereocenters. The van der Waals surface area contributed by atoms with Crippen LogP contribution in [0.4, 0.5) is 0 Å². The number of aliphatic hydroxyl groups is 1. The van der Waals surface area contributed by atoms with Crippen molar-refractivity contribution in [2.24, 2.45) is 0 Å². The Bertz CT molecular complexity index is 379. The summed E-state index contributed by atoms with van der Waals surface area (Å²) >= 11 is 0. The number of hydrogen-bond acceptors (Lipinski definition) is 6. The van der Waals surface area contributed by atoms with Crippen LogP contribution in [0.2, 0.25) is 0 Å². The van der Waals surface area contributed by atoms with Crippen molar-refractivity contribution in [1.29, 1.82) is 0 Å². The summed E-state index contributed by atoms with van der Waals surface area (Å²) in [6, 6.07) is 0. The van der Waals surface area contributed by atoms with Gasteiger partial charge in [0.05, 0.1) is 0 Å². The Hall–Kier alpha value is -1.76. The molecule has 0 aliphatic carbocycles. The molecule has 2 aromatic heterocycles. The first-order valence-electron chi connectivity index (χ1n) is 3.65. The van der Waals surface area contributed by atoms with Crippen molar-refractivity contribution >= 4 is 0 Å². The van der Waals surface area contributed by atoms with Crippen LogP contribution in [0.1, 0.15) is 18.9 Å². The van der Waals surface area contributed by atoms with Crippen LogP contribution in [0.3, 0.4) is 0 Å². The fraction of sp³-hybridized carbons (Fsp3) is 0.333. The second-order valence-electron chi connectivity index (χ2n) is 2.47. The molecule has 2 N–H and O–H groups in total. The van der Waals surface area contributed by atoms with Crippen LogP contribution in [-0.2, 0) is 0 Å². The molecule has 2 heterocycles. The van der Waals surface area contributed by atoms with Gasteiger partial charge in [0.15, 0.2) is 5.82 Å². The van der Waals surface area contributed by atoms with Crippen molar-refractivity contribution < 1.29 is 9.63 Å². The van der Waals surface area contributed by atoms with E-state index >= 15 is 0 Å². The molecule has 0 fully saturated rings. The number of H-pyrrole nitrogens is 1. The number of nitrogens with zero attached hydrogens (tertiary/aromatic N) is 4. The Morgan fingerprint density at radius 3 is 3.00 bits per heavy atom. The maximum atomic E-state index is 9.09. The zero-order chi connectivity index (χ0) is 9.26. The molecule has 0 aromatic carbocycles. The van der Waals surface area contributed by atoms with Crippen LogP contribution >= 0.6 is 0 Å². The quantitative estimate of drug-likeness (QED) is 0.671. The third kappa shape index (κ3) is 1.41. The number of aliphatic hydroxyl groups excluding tert-OH is 1. The zero-order valence-electron chi connectivity index (χ0n) is 6.80. The first-order chi connectivity index (χ1) is 6.27. The number of aromatic nitrogens is 5. The molecular formula is C6H7N5O2. The van der Waals surface area contributed by atoms with Crippen LogP contribution in [0.15, 0.2) is 10.9 Å². The maximum absolute atomic E-state index is 9.09. The minimum absolute atomic E-state index is 0.159. The highest BCUT2D eigenvalue weighted by atomic mass is 16.5. The van der Waals surface area contributed by atoms with Gasteiger partial charge in [-0.2, -0.15) is 10.1 Å². The first kappa shape index (κ1) is 7.87. The average molecular weight is 181 g/mol. The lowest BCUT2D eigenvalue weighted by molar-refractivity contribution is 0.152. The molecule has 0 bridgehead atoms. The molecule has 2 rings (SSSR count). The van der Waals surface area contributed by atoms with E-state index in [-0.39, 0.29) is 11.7 Å². The van der Waals surface area contributed by atoms with Crippen LogP contribution in [0.25, 0.3) is 11.6 Å². The van der Waals surface area contributed by atoms with E-state index in [9.17, 15) is 0 Å². The lowest BCUT2D eigenvalue weighted by Gasteiger charge is -1.91. The van der Waals surface area contributed by atoms with Crippen molar-refractivity contribution in [2.45, 2.75) is 13.0 Å². The number of nitrogens with one attached hydrogen (secondary N) is 1. The van der Waals surface area contributed by atoms with Crippen molar-refractivity contribution in [1.82, 2.24) is 25.3 Å². The third-order valence-corrected chi connectivity index (χ3v) is 1.43. The molecule has 0 radical (unpaired) electrons. The van der Waals surface area contributed by atoms with Gasteiger partial charge in [-0.1, -0.05) is 5.16 Å². The minimum atomic E-state index is -0.774. The van der Waals surface area contributed by atoms with E-state index in [0.717, 1.165) is 0 Å². The van der Waals surface area contributed by atoms with Gasteiger partial charge in [0, 0.05) is 0 Å². The number of hydrogen-bond donors (Lipinski definition) is 2. The van der Waals surface area contributed by atoms with Crippen LogP contribution in [-0.4, -0.2) is 30.4 Å². The van der Waals surface area contributed by atoms with Gasteiger partial charge in [-0.05, 0) is 6.92 Å². The molecule has 13 heavy (non-hydrogen) atoms. The van der Waals surface area contributed by atoms with Gasteiger partial charge < -0.3 is 9.63 Å². The summed E-state index contributed by atoms with van der Waals surface area (Å²) in [6.07, 6.45) is 0.567. The van der Waals surface area contributed by atoms with Crippen molar-refractivity contribution in [2.75, 3.05) is 0 Å². The summed E-state index contributed by atoms with van der Waals surface area (Å²) in [7, 11) is 0. The van der Waals surface area contributed by atoms with Gasteiger partial charge in [-0.25, -0.2) is 4.98 Å². The van der Waals surface area contributed by atoms with E-state index in [1.54, 1.807) is 0 Å². The third-order valence-electron chi connectivity index (χ3n) is 1.43. The summed E-state index contributed by atoms with van der Waals surface area (Å²) in [4.78, 5) is 7.72. The van der Waals surface area contributed by atoms with Gasteiger partial charge in [0.1, 0.15) is 12.4 Å². The minimum Gasteiger partial charge on any atom is -0.384 e. The van der Waals surface area contributed by atoms with E-state index in [1.807, 2.05) is 0 Å². The van der Waals surface area contributed by atoms with E-state index in [2.05, 4.69) is 25.3 Å². The van der Waals surface area contributed by atoms with Gasteiger partial charge in [0.2, 0.25) is 5.82 Å². The summed E-state index contributed by atoms with van der Waals surface area (Å²) in [5.74, 6) is 0.857. The molecule has 0 aliphatic heterocycles. The Morgan fingerprint density at radius 1 is 1.62 bits per heavy atom. The van der Waals surface area contributed by atoms with Crippen LogP contribution in [0, 0.1) is 0 Å².